The molecule has 1 aliphatic heterocycles. The number of anilines is 2. The van der Waals surface area contributed by atoms with Gasteiger partial charge in [-0.15, -0.1) is 5.10 Å². The monoisotopic (exact) mass is 334 g/mol. The van der Waals surface area contributed by atoms with Gasteiger partial charge in [0.2, 0.25) is 0 Å². The van der Waals surface area contributed by atoms with Gasteiger partial charge in [0.1, 0.15) is 6.33 Å². The number of hydrogen-bond donors (Lipinski definition) is 1. The molecule has 0 spiro atoms. The van der Waals surface area contributed by atoms with Gasteiger partial charge < -0.3 is 10.2 Å². The molecule has 1 saturated heterocycles. The Morgan fingerprint density at radius 3 is 2.24 bits per heavy atom. The highest BCUT2D eigenvalue weighted by molar-refractivity contribution is 6.04. The molecule has 4 rings (SSSR count). The number of nitrogens with zero attached hydrogens (tertiary/aromatic N) is 5. The van der Waals surface area contributed by atoms with E-state index in [4.69, 9.17) is 0 Å². The van der Waals surface area contributed by atoms with E-state index in [9.17, 15) is 4.79 Å². The molecule has 7 heteroatoms. The van der Waals surface area contributed by atoms with Crippen LogP contribution in [0.4, 0.5) is 11.4 Å². The largest absolute Gasteiger partial charge is 0.372 e. The van der Waals surface area contributed by atoms with Crippen molar-refractivity contribution < 1.29 is 4.79 Å². The topological polar surface area (TPSA) is 75.9 Å². The fourth-order valence-corrected chi connectivity index (χ4v) is 2.98. The van der Waals surface area contributed by atoms with Gasteiger partial charge in [0.25, 0.3) is 5.91 Å². The van der Waals surface area contributed by atoms with Crippen LogP contribution < -0.4 is 10.2 Å². The first kappa shape index (κ1) is 15.3. The Labute approximate surface area is 145 Å². The molecule has 0 radical (unpaired) electrons. The van der Waals surface area contributed by atoms with E-state index in [2.05, 4.69) is 37.9 Å². The van der Waals surface area contributed by atoms with Crippen LogP contribution in [0.1, 0.15) is 23.2 Å². The van der Waals surface area contributed by atoms with Crippen LogP contribution in [-0.4, -0.2) is 39.2 Å². The molecule has 25 heavy (non-hydrogen) atoms. The van der Waals surface area contributed by atoms with Gasteiger partial charge in [0.15, 0.2) is 0 Å². The molecule has 2 aromatic carbocycles. The molecular weight excluding hydrogens is 316 g/mol. The second-order valence-corrected chi connectivity index (χ2v) is 6.00. The third-order valence-corrected chi connectivity index (χ3v) is 4.34. The minimum Gasteiger partial charge on any atom is -0.372 e. The molecule has 1 amide bonds. The van der Waals surface area contributed by atoms with E-state index in [1.807, 2.05) is 24.3 Å². The molecular formula is C18H18N6O. The van der Waals surface area contributed by atoms with Gasteiger partial charge in [-0.1, -0.05) is 0 Å². The smallest absolute Gasteiger partial charge is 0.255 e. The zero-order valence-electron chi connectivity index (χ0n) is 13.7. The van der Waals surface area contributed by atoms with Crippen LogP contribution >= 0.6 is 0 Å². The maximum atomic E-state index is 12.4. The summed E-state index contributed by atoms with van der Waals surface area (Å²) in [6.07, 6.45) is 4.01. The Hall–Kier alpha value is -3.22. The zero-order valence-corrected chi connectivity index (χ0v) is 13.7. The first-order valence-electron chi connectivity index (χ1n) is 8.29. The summed E-state index contributed by atoms with van der Waals surface area (Å²) in [6, 6.07) is 15.1. The molecule has 1 fully saturated rings. The van der Waals surface area contributed by atoms with E-state index in [0.717, 1.165) is 24.5 Å². The number of carbonyl (C=O) groups is 1. The fraction of sp³-hybridized carbons (Fsp3) is 0.222. The molecule has 126 valence electrons. The summed E-state index contributed by atoms with van der Waals surface area (Å²) in [5, 5.41) is 13.9. The van der Waals surface area contributed by atoms with E-state index in [0.29, 0.717) is 5.56 Å². The molecule has 1 N–H and O–H groups in total. The van der Waals surface area contributed by atoms with Crippen LogP contribution in [-0.2, 0) is 0 Å². The number of carbonyl (C=O) groups excluding carboxylic acids is 1. The lowest BCUT2D eigenvalue weighted by Gasteiger charge is -2.17. The Kier molecular flexibility index (Phi) is 4.12. The lowest BCUT2D eigenvalue weighted by Crippen LogP contribution is -2.17. The Balaban J connectivity index is 1.42. The highest BCUT2D eigenvalue weighted by Crippen LogP contribution is 2.22. The quantitative estimate of drug-likeness (QED) is 0.793. The Bertz CT molecular complexity index is 836. The van der Waals surface area contributed by atoms with E-state index < -0.39 is 0 Å². The number of nitrogens with one attached hydrogen (secondary N) is 1. The highest BCUT2D eigenvalue weighted by Gasteiger charge is 2.12. The lowest BCUT2D eigenvalue weighted by atomic mass is 10.2. The molecule has 0 bridgehead atoms. The maximum Gasteiger partial charge on any atom is 0.255 e. The average Bonchev–Trinajstić information content (AvgIpc) is 3.36. The van der Waals surface area contributed by atoms with Crippen molar-refractivity contribution in [3.05, 3.63) is 60.4 Å². The summed E-state index contributed by atoms with van der Waals surface area (Å²) >= 11 is 0. The van der Waals surface area contributed by atoms with Gasteiger partial charge >= 0.3 is 0 Å². The molecule has 2 heterocycles. The third-order valence-electron chi connectivity index (χ3n) is 4.34. The number of aromatic nitrogens is 4. The first-order valence-corrected chi connectivity index (χ1v) is 8.29. The minimum absolute atomic E-state index is 0.141. The van der Waals surface area contributed by atoms with Crippen LogP contribution in [0, 0.1) is 0 Å². The van der Waals surface area contributed by atoms with Crippen molar-refractivity contribution in [2.45, 2.75) is 12.8 Å². The second kappa shape index (κ2) is 6.72. The van der Waals surface area contributed by atoms with Crippen LogP contribution in [0.25, 0.3) is 5.69 Å². The Morgan fingerprint density at radius 2 is 1.60 bits per heavy atom. The normalized spacial score (nSPS) is 13.8. The minimum atomic E-state index is -0.141. The summed E-state index contributed by atoms with van der Waals surface area (Å²) in [7, 11) is 0. The first-order chi connectivity index (χ1) is 12.3. The third kappa shape index (κ3) is 3.35. The molecule has 3 aromatic rings. The van der Waals surface area contributed by atoms with Crippen molar-refractivity contribution in [1.29, 1.82) is 0 Å². The van der Waals surface area contributed by atoms with Gasteiger partial charge in [-0.3, -0.25) is 4.79 Å². The van der Waals surface area contributed by atoms with Gasteiger partial charge in [-0.25, -0.2) is 4.68 Å². The van der Waals surface area contributed by atoms with Gasteiger partial charge in [-0.05, 0) is 71.8 Å². The second-order valence-electron chi connectivity index (χ2n) is 6.00. The van der Waals surface area contributed by atoms with Crippen LogP contribution in [0.5, 0.6) is 0 Å². The fourth-order valence-electron chi connectivity index (χ4n) is 2.98. The van der Waals surface area contributed by atoms with Crippen molar-refractivity contribution in [3.8, 4) is 5.69 Å². The van der Waals surface area contributed by atoms with Gasteiger partial charge in [-0.2, -0.15) is 0 Å². The molecule has 0 atom stereocenters. The SMILES string of the molecule is O=C(Nc1ccc(N2CCCC2)cc1)c1ccc(-n2cnnn2)cc1. The summed E-state index contributed by atoms with van der Waals surface area (Å²) in [5.74, 6) is -0.141. The van der Waals surface area contributed by atoms with E-state index in [1.165, 1.54) is 24.9 Å². The molecule has 0 saturated carbocycles. The van der Waals surface area contributed by atoms with Crippen molar-refractivity contribution in [2.75, 3.05) is 23.3 Å². The molecule has 7 nitrogen and oxygen atoms in total. The highest BCUT2D eigenvalue weighted by atomic mass is 16.1. The standard InChI is InChI=1S/C18H18N6O/c25-18(14-3-7-17(8-4-14)24-13-19-21-22-24)20-15-5-9-16(10-6-15)23-11-1-2-12-23/h3-10,13H,1-2,11-12H2,(H,20,25). The van der Waals surface area contributed by atoms with Crippen molar-refractivity contribution >= 4 is 17.3 Å². The average molecular weight is 334 g/mol. The van der Waals surface area contributed by atoms with Gasteiger partial charge in [0, 0.05) is 30.0 Å². The number of rotatable bonds is 4. The van der Waals surface area contributed by atoms with Gasteiger partial charge in [0.05, 0.1) is 5.69 Å². The predicted octanol–water partition coefficient (Wildman–Crippen LogP) is 2.51. The number of benzene rings is 2. The van der Waals surface area contributed by atoms with Crippen LogP contribution in [0.3, 0.4) is 0 Å². The van der Waals surface area contributed by atoms with Crippen molar-refractivity contribution in [3.63, 3.8) is 0 Å². The van der Waals surface area contributed by atoms with E-state index >= 15 is 0 Å². The predicted molar refractivity (Wildman–Crippen MR) is 95.0 cm³/mol. The maximum absolute atomic E-state index is 12.4. The lowest BCUT2D eigenvalue weighted by molar-refractivity contribution is 0.102. The summed E-state index contributed by atoms with van der Waals surface area (Å²) < 4.78 is 1.54. The number of amides is 1. The number of hydrogen-bond acceptors (Lipinski definition) is 5. The van der Waals surface area contributed by atoms with Crippen LogP contribution in [0.15, 0.2) is 54.9 Å². The molecule has 1 aromatic heterocycles. The van der Waals surface area contributed by atoms with Crippen molar-refractivity contribution in [1.82, 2.24) is 20.2 Å². The van der Waals surface area contributed by atoms with Crippen LogP contribution in [0.2, 0.25) is 0 Å². The van der Waals surface area contributed by atoms with Crippen molar-refractivity contribution in [2.24, 2.45) is 0 Å². The van der Waals surface area contributed by atoms with E-state index in [-0.39, 0.29) is 5.91 Å². The molecule has 1 aliphatic rings. The number of tetrazole rings is 1. The summed E-state index contributed by atoms with van der Waals surface area (Å²) in [4.78, 5) is 14.7. The Morgan fingerprint density at radius 1 is 0.920 bits per heavy atom. The zero-order chi connectivity index (χ0) is 17.1. The molecule has 0 aliphatic carbocycles. The molecule has 0 unspecified atom stereocenters. The summed E-state index contributed by atoms with van der Waals surface area (Å²) in [6.45, 7) is 2.22. The van der Waals surface area contributed by atoms with E-state index in [1.54, 1.807) is 16.8 Å². The summed E-state index contributed by atoms with van der Waals surface area (Å²) in [5.41, 5.74) is 3.38.